The third-order valence-electron chi connectivity index (χ3n) is 9.05. The number of nitriles is 1. The average molecular weight is 626 g/mol. The molecular weight excluding hydrogens is 595 g/mol. The quantitative estimate of drug-likeness (QED) is 0.170. The molecule has 230 valence electrons. The van der Waals surface area contributed by atoms with Gasteiger partial charge < -0.3 is 0 Å². The van der Waals surface area contributed by atoms with Gasteiger partial charge in [-0.05, 0) is 69.1 Å². The second-order valence-electron chi connectivity index (χ2n) is 12.1. The van der Waals surface area contributed by atoms with Crippen LogP contribution < -0.4 is 0 Å². The Morgan fingerprint density at radius 2 is 1.10 bits per heavy atom. The molecule has 6 aromatic rings. The molecule has 1 aliphatic heterocycles. The Bertz CT molecular complexity index is 2430. The molecule has 0 saturated carbocycles. The van der Waals surface area contributed by atoms with E-state index in [4.69, 9.17) is 15.2 Å². The summed E-state index contributed by atoms with van der Waals surface area (Å²) in [6.07, 6.45) is 10.5. The summed E-state index contributed by atoms with van der Waals surface area (Å²) in [6, 6.07) is 50.5. The van der Waals surface area contributed by atoms with Crippen molar-refractivity contribution in [1.29, 1.82) is 5.26 Å². The van der Waals surface area contributed by atoms with Crippen LogP contribution in [0.5, 0.6) is 0 Å². The zero-order valence-corrected chi connectivity index (χ0v) is 26.8. The van der Waals surface area contributed by atoms with E-state index in [1.807, 2.05) is 48.5 Å². The van der Waals surface area contributed by atoms with Gasteiger partial charge in [-0.25, -0.2) is 9.98 Å². The molecule has 0 radical (unpaired) electrons. The van der Waals surface area contributed by atoms with Gasteiger partial charge in [-0.1, -0.05) is 151 Å². The maximum absolute atomic E-state index is 9.14. The second-order valence-corrected chi connectivity index (χ2v) is 12.1. The Morgan fingerprint density at radius 1 is 0.531 bits per heavy atom. The Hall–Kier alpha value is -6.59. The molecule has 1 heterocycles. The monoisotopic (exact) mass is 625 g/mol. The average Bonchev–Trinajstić information content (AvgIpc) is 3.42. The first-order valence-electron chi connectivity index (χ1n) is 16.5. The number of amidine groups is 1. The molecule has 3 heteroatoms. The van der Waals surface area contributed by atoms with Crippen LogP contribution in [0.15, 0.2) is 185 Å². The van der Waals surface area contributed by atoms with Crippen molar-refractivity contribution in [2.45, 2.75) is 12.8 Å². The number of aliphatic imine (C=N–C) groups is 2. The Morgan fingerprint density at radius 3 is 1.69 bits per heavy atom. The van der Waals surface area contributed by atoms with Crippen molar-refractivity contribution in [3.8, 4) is 39.4 Å². The van der Waals surface area contributed by atoms with E-state index in [1.165, 1.54) is 21.9 Å². The fourth-order valence-corrected chi connectivity index (χ4v) is 6.45. The van der Waals surface area contributed by atoms with Gasteiger partial charge in [0.15, 0.2) is 5.84 Å². The highest BCUT2D eigenvalue weighted by atomic mass is 14.9. The molecule has 2 aliphatic rings. The number of hydrogen-bond acceptors (Lipinski definition) is 3. The van der Waals surface area contributed by atoms with Crippen LogP contribution in [0.3, 0.4) is 0 Å². The zero-order chi connectivity index (χ0) is 33.0. The first kappa shape index (κ1) is 29.8. The van der Waals surface area contributed by atoms with Gasteiger partial charge in [0.05, 0.1) is 17.3 Å². The van der Waals surface area contributed by atoms with Crippen molar-refractivity contribution in [3.63, 3.8) is 0 Å². The van der Waals surface area contributed by atoms with E-state index in [9.17, 15) is 0 Å². The van der Waals surface area contributed by atoms with Gasteiger partial charge in [0.1, 0.15) is 5.70 Å². The molecule has 3 nitrogen and oxygen atoms in total. The molecule has 1 aliphatic carbocycles. The van der Waals surface area contributed by atoms with Crippen molar-refractivity contribution in [1.82, 2.24) is 0 Å². The first-order valence-corrected chi connectivity index (χ1v) is 16.5. The highest BCUT2D eigenvalue weighted by Crippen LogP contribution is 2.37. The highest BCUT2D eigenvalue weighted by Gasteiger charge is 2.14. The molecule has 0 fully saturated rings. The number of rotatable bonds is 6. The zero-order valence-electron chi connectivity index (χ0n) is 26.8. The fraction of sp³-hybridized carbons (Fsp3) is 0.0435. The van der Waals surface area contributed by atoms with Crippen LogP contribution in [0.25, 0.3) is 49.9 Å². The molecule has 0 spiro atoms. The van der Waals surface area contributed by atoms with E-state index < -0.39 is 0 Å². The van der Waals surface area contributed by atoms with Crippen LogP contribution >= 0.6 is 0 Å². The fourth-order valence-electron chi connectivity index (χ4n) is 6.45. The van der Waals surface area contributed by atoms with Crippen molar-refractivity contribution < 1.29 is 0 Å². The van der Waals surface area contributed by atoms with Gasteiger partial charge in [-0.3, -0.25) is 0 Å². The molecule has 6 aromatic carbocycles. The number of nitrogens with zero attached hydrogens (tertiary/aromatic N) is 3. The van der Waals surface area contributed by atoms with E-state index in [1.54, 1.807) is 0 Å². The largest absolute Gasteiger partial charge is 0.227 e. The first-order chi connectivity index (χ1) is 24.2. The lowest BCUT2D eigenvalue weighted by Gasteiger charge is -2.13. The van der Waals surface area contributed by atoms with E-state index >= 15 is 0 Å². The Kier molecular flexibility index (Phi) is 8.06. The minimum atomic E-state index is 0.666. The van der Waals surface area contributed by atoms with E-state index in [0.717, 1.165) is 63.2 Å². The second kappa shape index (κ2) is 13.3. The van der Waals surface area contributed by atoms with Crippen molar-refractivity contribution in [3.05, 3.63) is 192 Å². The maximum atomic E-state index is 9.14. The maximum Gasteiger partial charge on any atom is 0.160 e. The molecule has 0 amide bonds. The number of allylic oxidation sites excluding steroid dienone is 3. The molecule has 0 bridgehead atoms. The molecule has 0 unspecified atom stereocenters. The molecular formula is C46H31N3. The summed E-state index contributed by atoms with van der Waals surface area (Å²) < 4.78 is 0. The highest BCUT2D eigenvalue weighted by molar-refractivity contribution is 6.19. The van der Waals surface area contributed by atoms with Gasteiger partial charge in [0, 0.05) is 22.8 Å². The van der Waals surface area contributed by atoms with Gasteiger partial charge in [-0.2, -0.15) is 5.26 Å². The third-order valence-corrected chi connectivity index (χ3v) is 9.05. The van der Waals surface area contributed by atoms with E-state index in [2.05, 4.69) is 127 Å². The summed E-state index contributed by atoms with van der Waals surface area (Å²) >= 11 is 0. The summed E-state index contributed by atoms with van der Waals surface area (Å²) in [5.41, 5.74) is 15.7. The molecule has 0 N–H and O–H groups in total. The van der Waals surface area contributed by atoms with E-state index in [-0.39, 0.29) is 0 Å². The molecule has 0 saturated heterocycles. The number of fused-ring (bicyclic) bond motifs is 1. The van der Waals surface area contributed by atoms with Crippen molar-refractivity contribution in [2.75, 3.05) is 0 Å². The van der Waals surface area contributed by atoms with Crippen LogP contribution in [0.4, 0.5) is 0 Å². The van der Waals surface area contributed by atoms with E-state index in [0.29, 0.717) is 11.4 Å². The predicted octanol–water partition coefficient (Wildman–Crippen LogP) is 11.4. The Labute approximate surface area is 286 Å². The molecule has 49 heavy (non-hydrogen) atoms. The lowest BCUT2D eigenvalue weighted by Crippen LogP contribution is -2.05. The minimum absolute atomic E-state index is 0.666. The molecule has 0 atom stereocenters. The molecule has 0 aromatic heterocycles. The topological polar surface area (TPSA) is 48.5 Å². The van der Waals surface area contributed by atoms with Crippen LogP contribution in [0, 0.1) is 11.3 Å². The van der Waals surface area contributed by atoms with Gasteiger partial charge >= 0.3 is 0 Å². The minimum Gasteiger partial charge on any atom is -0.227 e. The predicted molar refractivity (Wildman–Crippen MR) is 203 cm³/mol. The molecule has 8 rings (SSSR count). The summed E-state index contributed by atoms with van der Waals surface area (Å²) in [6.45, 7) is 0. The van der Waals surface area contributed by atoms with Crippen LogP contribution in [-0.2, 0) is 0 Å². The SMILES string of the molecule is N#Cc1ccc(-c2ccc(-c3ccc(-c4ccc(C5=C=CC(c6ccccc6)=NC(C6=CCCC=C6)=N5)cc4)c4ccccc34)cc2)cc1. The van der Waals surface area contributed by atoms with Gasteiger partial charge in [-0.15, -0.1) is 0 Å². The van der Waals surface area contributed by atoms with Crippen LogP contribution in [0.1, 0.15) is 29.5 Å². The van der Waals surface area contributed by atoms with Crippen LogP contribution in [-0.4, -0.2) is 11.5 Å². The standard InChI is InChI=1S/C46H31N3/c47-31-32-15-17-33(18-16-32)34-19-21-35(22-20-34)40-27-28-41(43-14-8-7-13-42(40)43)36-23-25-38(26-24-36)45-30-29-44(37-9-3-1-4-10-37)48-46(49-45)39-11-5-2-6-12-39/h1,3-5,7-29H,2,6H2. The van der Waals surface area contributed by atoms with Gasteiger partial charge in [0.2, 0.25) is 0 Å². The van der Waals surface area contributed by atoms with Gasteiger partial charge in [0.25, 0.3) is 0 Å². The normalized spacial score (nSPS) is 13.9. The van der Waals surface area contributed by atoms with Crippen molar-refractivity contribution >= 4 is 28.0 Å². The summed E-state index contributed by atoms with van der Waals surface area (Å²) in [5.74, 6) is 0.710. The lowest BCUT2D eigenvalue weighted by atomic mass is 9.91. The number of hydrogen-bond donors (Lipinski definition) is 0. The lowest BCUT2D eigenvalue weighted by molar-refractivity contribution is 1.03. The summed E-state index contributed by atoms with van der Waals surface area (Å²) in [4.78, 5) is 10.0. The smallest absolute Gasteiger partial charge is 0.160 e. The van der Waals surface area contributed by atoms with Crippen LogP contribution in [0.2, 0.25) is 0 Å². The number of benzene rings is 6. The summed E-state index contributed by atoms with van der Waals surface area (Å²) in [5, 5.41) is 11.6. The Balaban J connectivity index is 1.12. The third kappa shape index (κ3) is 6.13. The summed E-state index contributed by atoms with van der Waals surface area (Å²) in [7, 11) is 0. The van der Waals surface area contributed by atoms with Crippen molar-refractivity contribution in [2.24, 2.45) is 9.98 Å².